The largest absolute Gasteiger partial charge is 0.493 e. The van der Waals surface area contributed by atoms with Gasteiger partial charge in [-0.3, -0.25) is 4.79 Å². The van der Waals surface area contributed by atoms with Crippen molar-refractivity contribution in [3.8, 4) is 17.6 Å². The molecular weight excluding hydrogens is 354 g/mol. The number of carbonyl (C=O) groups is 1. The molecule has 1 amide bonds. The summed E-state index contributed by atoms with van der Waals surface area (Å²) in [7, 11) is 1.56. The topological polar surface area (TPSA) is 84.2 Å². The Hall–Kier alpha value is -3.33. The summed E-state index contributed by atoms with van der Waals surface area (Å²) < 4.78 is 11.2. The minimum atomic E-state index is -0.517. The highest BCUT2D eigenvalue weighted by Crippen LogP contribution is 2.29. The number of anilines is 1. The zero-order valence-electron chi connectivity index (χ0n) is 16.3. The Kier molecular flexibility index (Phi) is 8.54. The van der Waals surface area contributed by atoms with E-state index in [1.165, 1.54) is 18.9 Å². The van der Waals surface area contributed by atoms with Crippen LogP contribution in [0.1, 0.15) is 38.2 Å². The second-order valence-corrected chi connectivity index (χ2v) is 6.16. The highest BCUT2D eigenvalue weighted by atomic mass is 16.5. The maximum absolute atomic E-state index is 12.3. The normalized spacial score (nSPS) is 10.8. The van der Waals surface area contributed by atoms with Crippen LogP contribution in [0.5, 0.6) is 11.5 Å². The highest BCUT2D eigenvalue weighted by Gasteiger charge is 2.11. The minimum Gasteiger partial charge on any atom is -0.493 e. The van der Waals surface area contributed by atoms with Crippen molar-refractivity contribution >= 4 is 17.8 Å². The number of carbonyl (C=O) groups excluding carboxylic acids is 1. The second-order valence-electron chi connectivity index (χ2n) is 6.16. The van der Waals surface area contributed by atoms with Gasteiger partial charge in [0, 0.05) is 6.20 Å². The Morgan fingerprint density at radius 1 is 1.21 bits per heavy atom. The number of nitrogens with zero attached hydrogens (tertiary/aromatic N) is 2. The number of rotatable bonds is 10. The summed E-state index contributed by atoms with van der Waals surface area (Å²) in [6.07, 6.45) is 7.58. The molecule has 146 valence electrons. The average molecular weight is 379 g/mol. The van der Waals surface area contributed by atoms with Gasteiger partial charge in [0.05, 0.1) is 13.7 Å². The Bertz CT molecular complexity index is 842. The van der Waals surface area contributed by atoms with Crippen molar-refractivity contribution in [1.82, 2.24) is 4.98 Å². The first-order valence-electron chi connectivity index (χ1n) is 9.33. The van der Waals surface area contributed by atoms with Gasteiger partial charge in [0.25, 0.3) is 5.91 Å². The summed E-state index contributed by atoms with van der Waals surface area (Å²) in [5, 5.41) is 11.9. The molecule has 6 nitrogen and oxygen atoms in total. The highest BCUT2D eigenvalue weighted by molar-refractivity contribution is 6.09. The fraction of sp³-hybridized carbons (Fsp3) is 0.318. The van der Waals surface area contributed by atoms with Crippen molar-refractivity contribution < 1.29 is 14.3 Å². The number of ether oxygens (including phenoxy) is 2. The molecular formula is C22H25N3O3. The molecule has 0 aliphatic rings. The molecule has 0 saturated heterocycles. The van der Waals surface area contributed by atoms with E-state index < -0.39 is 5.91 Å². The second kappa shape index (κ2) is 11.4. The number of aromatic nitrogens is 1. The third-order valence-electron chi connectivity index (χ3n) is 4.03. The zero-order chi connectivity index (χ0) is 20.2. The fourth-order valence-electron chi connectivity index (χ4n) is 2.54. The molecule has 2 rings (SSSR count). The molecule has 0 aliphatic heterocycles. The van der Waals surface area contributed by atoms with Gasteiger partial charge in [-0.25, -0.2) is 4.98 Å². The monoisotopic (exact) mass is 379 g/mol. The molecule has 0 fully saturated rings. The van der Waals surface area contributed by atoms with Crippen LogP contribution in [-0.2, 0) is 4.79 Å². The maximum Gasteiger partial charge on any atom is 0.267 e. The molecule has 0 unspecified atom stereocenters. The van der Waals surface area contributed by atoms with Crippen LogP contribution >= 0.6 is 0 Å². The molecule has 2 aromatic rings. The van der Waals surface area contributed by atoms with Crippen molar-refractivity contribution in [2.24, 2.45) is 0 Å². The van der Waals surface area contributed by atoms with Gasteiger partial charge in [-0.2, -0.15) is 5.26 Å². The fourth-order valence-corrected chi connectivity index (χ4v) is 2.54. The molecule has 28 heavy (non-hydrogen) atoms. The lowest BCUT2D eigenvalue weighted by Gasteiger charge is -2.11. The van der Waals surface area contributed by atoms with Crippen LogP contribution in [0.3, 0.4) is 0 Å². The molecule has 1 aromatic carbocycles. The number of hydrogen-bond acceptors (Lipinski definition) is 5. The van der Waals surface area contributed by atoms with Crippen LogP contribution in [0.2, 0.25) is 0 Å². The number of nitrogens with one attached hydrogen (secondary N) is 1. The number of nitriles is 1. The number of methoxy groups -OCH3 is 1. The van der Waals surface area contributed by atoms with Crippen molar-refractivity contribution in [1.29, 1.82) is 5.26 Å². The Balaban J connectivity index is 2.08. The van der Waals surface area contributed by atoms with E-state index in [1.54, 1.807) is 49.7 Å². The van der Waals surface area contributed by atoms with Crippen LogP contribution in [0, 0.1) is 11.3 Å². The van der Waals surface area contributed by atoms with E-state index in [4.69, 9.17) is 9.47 Å². The van der Waals surface area contributed by atoms with Crippen molar-refractivity contribution in [3.05, 3.63) is 53.7 Å². The predicted molar refractivity (Wildman–Crippen MR) is 109 cm³/mol. The van der Waals surface area contributed by atoms with Gasteiger partial charge in [0.1, 0.15) is 17.5 Å². The SMILES string of the molecule is CCCCCCOc1ccc(C=C(C#N)C(=O)Nc2ccccn2)cc1OC. The minimum absolute atomic E-state index is 0.0269. The van der Waals surface area contributed by atoms with Gasteiger partial charge in [0.15, 0.2) is 11.5 Å². The predicted octanol–water partition coefficient (Wildman–Crippen LogP) is 4.59. The first kappa shape index (κ1) is 21.0. The summed E-state index contributed by atoms with van der Waals surface area (Å²) >= 11 is 0. The lowest BCUT2D eigenvalue weighted by Crippen LogP contribution is -2.14. The van der Waals surface area contributed by atoms with Crippen LogP contribution in [0.4, 0.5) is 5.82 Å². The molecule has 1 heterocycles. The summed E-state index contributed by atoms with van der Waals surface area (Å²) in [4.78, 5) is 16.3. The van der Waals surface area contributed by atoms with Gasteiger partial charge < -0.3 is 14.8 Å². The van der Waals surface area contributed by atoms with Gasteiger partial charge in [-0.1, -0.05) is 38.3 Å². The number of unbranched alkanes of at least 4 members (excludes halogenated alkanes) is 3. The molecule has 1 N–H and O–H groups in total. The number of hydrogen-bond donors (Lipinski definition) is 1. The Morgan fingerprint density at radius 2 is 2.07 bits per heavy atom. The first-order chi connectivity index (χ1) is 13.7. The van der Waals surface area contributed by atoms with Crippen molar-refractivity contribution in [2.45, 2.75) is 32.6 Å². The van der Waals surface area contributed by atoms with Crippen LogP contribution < -0.4 is 14.8 Å². The number of benzene rings is 1. The third kappa shape index (κ3) is 6.44. The maximum atomic E-state index is 12.3. The molecule has 6 heteroatoms. The Labute approximate surface area is 165 Å². The van der Waals surface area contributed by atoms with Gasteiger partial charge in [-0.05, 0) is 42.3 Å². The summed E-state index contributed by atoms with van der Waals surface area (Å²) in [6.45, 7) is 2.80. The molecule has 0 radical (unpaired) electrons. The van der Waals surface area contributed by atoms with Gasteiger partial charge in [0.2, 0.25) is 0 Å². The number of amides is 1. The molecule has 0 spiro atoms. The third-order valence-corrected chi connectivity index (χ3v) is 4.03. The van der Waals surface area contributed by atoms with E-state index in [2.05, 4.69) is 17.2 Å². The summed E-state index contributed by atoms with van der Waals surface area (Å²) in [6, 6.07) is 12.4. The molecule has 0 atom stereocenters. The van der Waals surface area contributed by atoms with E-state index in [1.807, 2.05) is 6.07 Å². The molecule has 0 aliphatic carbocycles. The number of pyridine rings is 1. The van der Waals surface area contributed by atoms with E-state index >= 15 is 0 Å². The van der Waals surface area contributed by atoms with Crippen molar-refractivity contribution in [3.63, 3.8) is 0 Å². The van der Waals surface area contributed by atoms with Crippen molar-refractivity contribution in [2.75, 3.05) is 19.0 Å². The van der Waals surface area contributed by atoms with E-state index in [0.717, 1.165) is 12.8 Å². The smallest absolute Gasteiger partial charge is 0.267 e. The van der Waals surface area contributed by atoms with E-state index in [-0.39, 0.29) is 5.57 Å². The van der Waals surface area contributed by atoms with Crippen LogP contribution in [0.25, 0.3) is 6.08 Å². The zero-order valence-corrected chi connectivity index (χ0v) is 16.3. The van der Waals surface area contributed by atoms with Crippen LogP contribution in [-0.4, -0.2) is 24.6 Å². The molecule has 0 saturated carbocycles. The average Bonchev–Trinajstić information content (AvgIpc) is 2.73. The standard InChI is InChI=1S/C22H25N3O3/c1-3-4-5-8-13-28-19-11-10-17(15-20(19)27-2)14-18(16-23)22(26)25-21-9-6-7-12-24-21/h6-7,9-12,14-15H,3-5,8,13H2,1-2H3,(H,24,25,26). The summed E-state index contributed by atoms with van der Waals surface area (Å²) in [5.41, 5.74) is 0.642. The first-order valence-corrected chi connectivity index (χ1v) is 9.33. The lowest BCUT2D eigenvalue weighted by molar-refractivity contribution is -0.112. The van der Waals surface area contributed by atoms with E-state index in [0.29, 0.717) is 29.5 Å². The van der Waals surface area contributed by atoms with E-state index in [9.17, 15) is 10.1 Å². The van der Waals surface area contributed by atoms with Crippen LogP contribution in [0.15, 0.2) is 48.2 Å². The van der Waals surface area contributed by atoms with Gasteiger partial charge >= 0.3 is 0 Å². The Morgan fingerprint density at radius 3 is 2.75 bits per heavy atom. The molecule has 0 bridgehead atoms. The molecule has 1 aromatic heterocycles. The lowest BCUT2D eigenvalue weighted by atomic mass is 10.1. The quantitative estimate of drug-likeness (QED) is 0.371. The summed E-state index contributed by atoms with van der Waals surface area (Å²) in [5.74, 6) is 1.08. The van der Waals surface area contributed by atoms with Gasteiger partial charge in [-0.15, -0.1) is 0 Å².